The summed E-state index contributed by atoms with van der Waals surface area (Å²) in [5.74, 6) is 0.216. The van der Waals surface area contributed by atoms with E-state index in [1.165, 1.54) is 6.07 Å². The van der Waals surface area contributed by atoms with Crippen LogP contribution in [0.15, 0.2) is 42.9 Å². The Bertz CT molecular complexity index is 1130. The lowest BCUT2D eigenvalue weighted by atomic mass is 10.1. The molecule has 4 aromatic rings. The number of halogens is 1. The molecule has 0 aliphatic carbocycles. The highest BCUT2D eigenvalue weighted by atomic mass is 19.1. The quantitative estimate of drug-likeness (QED) is 0.574. The zero-order chi connectivity index (χ0) is 18.3. The molecule has 0 saturated carbocycles. The topological polar surface area (TPSA) is 77.1 Å². The van der Waals surface area contributed by atoms with E-state index in [2.05, 4.69) is 20.4 Å². The van der Waals surface area contributed by atoms with E-state index >= 15 is 0 Å². The first kappa shape index (κ1) is 15.9. The van der Waals surface area contributed by atoms with Crippen molar-refractivity contribution in [3.63, 3.8) is 0 Å². The summed E-state index contributed by atoms with van der Waals surface area (Å²) in [7, 11) is 1.82. The van der Waals surface area contributed by atoms with Gasteiger partial charge in [0, 0.05) is 30.6 Å². The molecule has 0 radical (unpaired) electrons. The molecular formula is C18H15FN6O. The molecule has 26 heavy (non-hydrogen) atoms. The normalized spacial score (nSPS) is 11.0. The number of aromatic nitrogens is 5. The number of anilines is 1. The van der Waals surface area contributed by atoms with Crippen molar-refractivity contribution in [2.24, 2.45) is 7.05 Å². The molecule has 130 valence electrons. The Hall–Kier alpha value is -3.55. The molecule has 0 spiro atoms. The first-order chi connectivity index (χ1) is 12.6. The number of pyridine rings is 2. The van der Waals surface area contributed by atoms with Crippen LogP contribution < -0.4 is 5.32 Å². The van der Waals surface area contributed by atoms with Crippen LogP contribution in [0.4, 0.5) is 10.2 Å². The first-order valence-electron chi connectivity index (χ1n) is 7.91. The molecule has 0 aliphatic heterocycles. The third kappa shape index (κ3) is 2.61. The van der Waals surface area contributed by atoms with Crippen LogP contribution in [0, 0.1) is 12.7 Å². The number of hydrogen-bond acceptors (Lipinski definition) is 4. The van der Waals surface area contributed by atoms with Crippen LogP contribution >= 0.6 is 0 Å². The summed E-state index contributed by atoms with van der Waals surface area (Å²) in [6.45, 7) is 1.62. The van der Waals surface area contributed by atoms with E-state index in [4.69, 9.17) is 0 Å². The summed E-state index contributed by atoms with van der Waals surface area (Å²) in [4.78, 5) is 19.3. The van der Waals surface area contributed by atoms with Gasteiger partial charge >= 0.3 is 0 Å². The zero-order valence-electron chi connectivity index (χ0n) is 14.1. The van der Waals surface area contributed by atoms with E-state index in [0.717, 1.165) is 11.1 Å². The molecule has 0 saturated heterocycles. The monoisotopic (exact) mass is 350 g/mol. The fraction of sp³-hybridized carbons (Fsp3) is 0.111. The summed E-state index contributed by atoms with van der Waals surface area (Å²) >= 11 is 0. The van der Waals surface area contributed by atoms with Crippen molar-refractivity contribution >= 4 is 17.9 Å². The number of nitrogens with zero attached hydrogens (tertiary/aromatic N) is 5. The SMILES string of the molecule is Cc1nc(-c2nn(C)cc2-c2ccc3ncc(NC=O)n3c2)ccc1F. The highest BCUT2D eigenvalue weighted by molar-refractivity contribution is 5.80. The minimum atomic E-state index is -0.351. The van der Waals surface area contributed by atoms with Crippen LogP contribution in [0.5, 0.6) is 0 Å². The highest BCUT2D eigenvalue weighted by Gasteiger charge is 2.15. The molecule has 4 heterocycles. The van der Waals surface area contributed by atoms with Gasteiger partial charge in [-0.3, -0.25) is 13.9 Å². The lowest BCUT2D eigenvalue weighted by molar-refractivity contribution is -0.105. The molecule has 0 atom stereocenters. The lowest BCUT2D eigenvalue weighted by Gasteiger charge is -2.06. The second kappa shape index (κ2) is 6.07. The van der Waals surface area contributed by atoms with Gasteiger partial charge in [0.2, 0.25) is 6.41 Å². The van der Waals surface area contributed by atoms with Gasteiger partial charge < -0.3 is 5.32 Å². The van der Waals surface area contributed by atoms with Crippen molar-refractivity contribution in [3.05, 3.63) is 54.4 Å². The zero-order valence-corrected chi connectivity index (χ0v) is 14.1. The van der Waals surface area contributed by atoms with Crippen molar-refractivity contribution in [3.8, 4) is 22.5 Å². The molecule has 4 aromatic heterocycles. The van der Waals surface area contributed by atoms with Crippen molar-refractivity contribution in [1.82, 2.24) is 24.1 Å². The van der Waals surface area contributed by atoms with Crippen LogP contribution in [-0.2, 0) is 11.8 Å². The number of imidazole rings is 1. The summed E-state index contributed by atoms with van der Waals surface area (Å²) in [6.07, 6.45) is 5.94. The number of carbonyl (C=O) groups is 1. The average molecular weight is 350 g/mol. The Labute approximate surface area is 148 Å². The Morgan fingerprint density at radius 1 is 1.19 bits per heavy atom. The molecule has 0 aromatic carbocycles. The van der Waals surface area contributed by atoms with E-state index in [1.807, 2.05) is 31.6 Å². The minimum Gasteiger partial charge on any atom is -0.313 e. The Morgan fingerprint density at radius 3 is 2.81 bits per heavy atom. The van der Waals surface area contributed by atoms with E-state index in [1.54, 1.807) is 28.3 Å². The molecule has 4 rings (SSSR count). The minimum absolute atomic E-state index is 0.321. The van der Waals surface area contributed by atoms with Gasteiger partial charge in [0.15, 0.2) is 0 Å². The summed E-state index contributed by atoms with van der Waals surface area (Å²) < 4.78 is 17.0. The smallest absolute Gasteiger partial charge is 0.212 e. The van der Waals surface area contributed by atoms with Gasteiger partial charge in [-0.05, 0) is 31.2 Å². The first-order valence-corrected chi connectivity index (χ1v) is 7.91. The third-order valence-corrected chi connectivity index (χ3v) is 4.12. The molecular weight excluding hydrogens is 335 g/mol. The molecule has 1 amide bonds. The van der Waals surface area contributed by atoms with Gasteiger partial charge in [-0.25, -0.2) is 14.4 Å². The van der Waals surface area contributed by atoms with Crippen LogP contribution in [0.2, 0.25) is 0 Å². The maximum atomic E-state index is 13.6. The summed E-state index contributed by atoms with van der Waals surface area (Å²) in [5.41, 5.74) is 3.99. The number of fused-ring (bicyclic) bond motifs is 1. The van der Waals surface area contributed by atoms with Gasteiger partial charge in [0.1, 0.15) is 23.0 Å². The summed E-state index contributed by atoms with van der Waals surface area (Å²) in [5, 5.41) is 7.11. The molecule has 0 fully saturated rings. The van der Waals surface area contributed by atoms with Gasteiger partial charge in [0.25, 0.3) is 0 Å². The fourth-order valence-corrected chi connectivity index (χ4v) is 2.87. The number of carbonyl (C=O) groups excluding carboxylic acids is 1. The number of aryl methyl sites for hydroxylation is 2. The number of amides is 1. The predicted octanol–water partition coefficient (Wildman–Crippen LogP) is 2.81. The molecule has 1 N–H and O–H groups in total. The van der Waals surface area contributed by atoms with Crippen LogP contribution in [0.3, 0.4) is 0 Å². The second-order valence-electron chi connectivity index (χ2n) is 5.88. The molecule has 7 nitrogen and oxygen atoms in total. The van der Waals surface area contributed by atoms with E-state index in [0.29, 0.717) is 35.0 Å². The molecule has 8 heteroatoms. The van der Waals surface area contributed by atoms with Crippen molar-refractivity contribution in [2.45, 2.75) is 6.92 Å². The van der Waals surface area contributed by atoms with E-state index in [9.17, 15) is 9.18 Å². The molecule has 0 aliphatic rings. The maximum absolute atomic E-state index is 13.6. The molecule has 0 bridgehead atoms. The van der Waals surface area contributed by atoms with Gasteiger partial charge in [-0.2, -0.15) is 5.10 Å². The lowest BCUT2D eigenvalue weighted by Crippen LogP contribution is -1.98. The number of nitrogens with one attached hydrogen (secondary N) is 1. The van der Waals surface area contributed by atoms with Crippen molar-refractivity contribution in [2.75, 3.05) is 5.32 Å². The standard InChI is InChI=1S/C18H15FN6O/c1-11-14(19)4-5-15(22-11)18-13(9-24(2)23-18)12-3-6-16-20-7-17(21-10-26)25(16)8-12/h3-10H,1-2H3,(H,21,26). The average Bonchev–Trinajstić information content (AvgIpc) is 3.21. The Balaban J connectivity index is 1.88. The van der Waals surface area contributed by atoms with Crippen LogP contribution in [-0.4, -0.2) is 30.6 Å². The Kier molecular flexibility index (Phi) is 3.72. The Morgan fingerprint density at radius 2 is 2.04 bits per heavy atom. The van der Waals surface area contributed by atoms with Gasteiger partial charge in [-0.15, -0.1) is 0 Å². The maximum Gasteiger partial charge on any atom is 0.212 e. The van der Waals surface area contributed by atoms with Crippen molar-refractivity contribution in [1.29, 1.82) is 0 Å². The van der Waals surface area contributed by atoms with Crippen LogP contribution in [0.25, 0.3) is 28.2 Å². The number of hydrogen-bond donors (Lipinski definition) is 1. The predicted molar refractivity (Wildman–Crippen MR) is 95.0 cm³/mol. The van der Waals surface area contributed by atoms with Gasteiger partial charge in [0.05, 0.1) is 17.6 Å². The van der Waals surface area contributed by atoms with Gasteiger partial charge in [-0.1, -0.05) is 0 Å². The molecule has 0 unspecified atom stereocenters. The highest BCUT2D eigenvalue weighted by Crippen LogP contribution is 2.31. The number of rotatable bonds is 4. The largest absolute Gasteiger partial charge is 0.313 e. The third-order valence-electron chi connectivity index (χ3n) is 4.12. The second-order valence-corrected chi connectivity index (χ2v) is 5.88. The van der Waals surface area contributed by atoms with Crippen LogP contribution in [0.1, 0.15) is 5.69 Å². The fourth-order valence-electron chi connectivity index (χ4n) is 2.87. The van der Waals surface area contributed by atoms with E-state index in [-0.39, 0.29) is 5.82 Å². The van der Waals surface area contributed by atoms with Crippen molar-refractivity contribution < 1.29 is 9.18 Å². The summed E-state index contributed by atoms with van der Waals surface area (Å²) in [6, 6.07) is 6.78. The van der Waals surface area contributed by atoms with E-state index < -0.39 is 0 Å².